The van der Waals surface area contributed by atoms with Gasteiger partial charge >= 0.3 is 0 Å². The molecule has 0 spiro atoms. The van der Waals surface area contributed by atoms with Crippen LogP contribution in [-0.4, -0.2) is 31.2 Å². The number of nitrogens with zero attached hydrogens (tertiary/aromatic N) is 3. The van der Waals surface area contributed by atoms with Crippen LogP contribution in [0.2, 0.25) is 0 Å². The van der Waals surface area contributed by atoms with Gasteiger partial charge in [-0.1, -0.05) is 43.9 Å². The van der Waals surface area contributed by atoms with Gasteiger partial charge in [0.15, 0.2) is 0 Å². The fraction of sp³-hybridized carbons (Fsp3) is 0.387. The molecule has 2 unspecified atom stereocenters. The van der Waals surface area contributed by atoms with Crippen molar-refractivity contribution in [1.82, 2.24) is 0 Å². The van der Waals surface area contributed by atoms with Crippen molar-refractivity contribution in [2.24, 2.45) is 26.8 Å². The first-order chi connectivity index (χ1) is 16.5. The summed E-state index contributed by atoms with van der Waals surface area (Å²) in [4.78, 5) is 14.1. The first-order valence-corrected chi connectivity index (χ1v) is 12.6. The summed E-state index contributed by atoms with van der Waals surface area (Å²) in [6.45, 7) is 12.4. The summed E-state index contributed by atoms with van der Waals surface area (Å²) in [5, 5.41) is 0. The fourth-order valence-corrected chi connectivity index (χ4v) is 4.72. The van der Waals surface area contributed by atoms with Gasteiger partial charge in [-0.05, 0) is 97.4 Å². The van der Waals surface area contributed by atoms with Crippen LogP contribution in [0.3, 0.4) is 0 Å². The number of aryl methyl sites for hydroxylation is 1. The molecule has 1 aromatic rings. The first-order valence-electron chi connectivity index (χ1n) is 12.6. The normalized spacial score (nSPS) is 22.0. The summed E-state index contributed by atoms with van der Waals surface area (Å²) >= 11 is 0. The van der Waals surface area contributed by atoms with Gasteiger partial charge in [-0.3, -0.25) is 15.0 Å². The molecule has 0 aromatic heterocycles. The third-order valence-corrected chi connectivity index (χ3v) is 6.84. The van der Waals surface area contributed by atoms with Crippen molar-refractivity contribution in [3.63, 3.8) is 0 Å². The Bertz CT molecular complexity index is 1140. The van der Waals surface area contributed by atoms with Crippen molar-refractivity contribution in [1.29, 1.82) is 0 Å². The Hall–Kier alpha value is -3.07. The summed E-state index contributed by atoms with van der Waals surface area (Å²) < 4.78 is 0. The Morgan fingerprint density at radius 3 is 2.71 bits per heavy atom. The van der Waals surface area contributed by atoms with E-state index in [9.17, 15) is 0 Å². The van der Waals surface area contributed by atoms with Gasteiger partial charge in [-0.25, -0.2) is 0 Å². The maximum Gasteiger partial charge on any atom is 0.0740 e. The zero-order valence-electron chi connectivity index (χ0n) is 20.9. The van der Waals surface area contributed by atoms with Crippen molar-refractivity contribution in [3.05, 3.63) is 77.4 Å². The van der Waals surface area contributed by atoms with Crippen LogP contribution in [-0.2, 0) is 6.42 Å². The van der Waals surface area contributed by atoms with Crippen LogP contribution in [0.5, 0.6) is 0 Å². The minimum atomic E-state index is 0.540. The maximum atomic E-state index is 5.21. The maximum absolute atomic E-state index is 5.21. The molecule has 176 valence electrons. The molecular formula is C31H37N3. The van der Waals surface area contributed by atoms with Gasteiger partial charge in [0.05, 0.1) is 12.2 Å². The lowest BCUT2D eigenvalue weighted by Crippen LogP contribution is -2.07. The van der Waals surface area contributed by atoms with Crippen molar-refractivity contribution < 1.29 is 0 Å². The molecule has 1 aliphatic carbocycles. The molecule has 0 saturated heterocycles. The Morgan fingerprint density at radius 1 is 1.15 bits per heavy atom. The van der Waals surface area contributed by atoms with Crippen molar-refractivity contribution in [2.75, 3.05) is 13.1 Å². The van der Waals surface area contributed by atoms with Gasteiger partial charge in [-0.15, -0.1) is 0 Å². The van der Waals surface area contributed by atoms with Crippen molar-refractivity contribution >= 4 is 35.0 Å². The SMILES string of the molecule is C=C(C)c1cc(C2=CCC(C)C=C2)cc(CCCC2C=CC=NC2)c1N=C(C)C1=CCC=NC1. The van der Waals surface area contributed by atoms with Gasteiger partial charge in [0.2, 0.25) is 0 Å². The molecule has 2 heterocycles. The Morgan fingerprint density at radius 2 is 2.03 bits per heavy atom. The second-order valence-electron chi connectivity index (χ2n) is 9.78. The van der Waals surface area contributed by atoms with Gasteiger partial charge in [0.1, 0.15) is 0 Å². The van der Waals surface area contributed by atoms with Crippen molar-refractivity contribution in [3.8, 4) is 0 Å². The largest absolute Gasteiger partial charge is 0.293 e. The predicted molar refractivity (Wildman–Crippen MR) is 150 cm³/mol. The number of rotatable bonds is 8. The predicted octanol–water partition coefficient (Wildman–Crippen LogP) is 7.77. The van der Waals surface area contributed by atoms with Crippen molar-refractivity contribution in [2.45, 2.75) is 52.9 Å². The lowest BCUT2D eigenvalue weighted by molar-refractivity contribution is 0.569. The van der Waals surface area contributed by atoms with E-state index in [0.29, 0.717) is 11.8 Å². The van der Waals surface area contributed by atoms with E-state index in [4.69, 9.17) is 4.99 Å². The van der Waals surface area contributed by atoms with Gasteiger partial charge < -0.3 is 0 Å². The lowest BCUT2D eigenvalue weighted by Gasteiger charge is -2.19. The molecule has 0 N–H and O–H groups in total. The second-order valence-corrected chi connectivity index (χ2v) is 9.78. The minimum absolute atomic E-state index is 0.540. The molecule has 4 rings (SSSR count). The number of allylic oxidation sites excluding steroid dienone is 7. The third kappa shape index (κ3) is 6.08. The summed E-state index contributed by atoms with van der Waals surface area (Å²) in [7, 11) is 0. The molecular weight excluding hydrogens is 414 g/mol. The molecule has 0 amide bonds. The minimum Gasteiger partial charge on any atom is -0.293 e. The average molecular weight is 452 g/mol. The molecule has 1 aromatic carbocycles. The summed E-state index contributed by atoms with van der Waals surface area (Å²) in [6.07, 6.45) is 22.7. The van der Waals surface area contributed by atoms with Crippen LogP contribution in [0.4, 0.5) is 5.69 Å². The van der Waals surface area contributed by atoms with E-state index in [1.165, 1.54) is 22.3 Å². The number of aliphatic imine (C=N–C) groups is 3. The molecule has 2 aliphatic heterocycles. The zero-order valence-corrected chi connectivity index (χ0v) is 20.9. The molecule has 0 radical (unpaired) electrons. The summed E-state index contributed by atoms with van der Waals surface area (Å²) in [5.74, 6) is 1.14. The van der Waals surface area contributed by atoms with Crippen LogP contribution in [0, 0.1) is 11.8 Å². The van der Waals surface area contributed by atoms with E-state index in [0.717, 1.165) is 67.7 Å². The van der Waals surface area contributed by atoms with Gasteiger partial charge in [0.25, 0.3) is 0 Å². The highest BCUT2D eigenvalue weighted by Gasteiger charge is 2.16. The van der Waals surface area contributed by atoms with Crippen LogP contribution in [0.25, 0.3) is 11.1 Å². The standard InChI is InChI=1S/C31H37N3/c1-22(2)30-19-29(26-14-12-23(3)13-15-26)18-27(10-5-8-25-9-6-16-32-20-25)31(30)34-24(4)28-11-7-17-33-21-28/h6,9,11-12,14-19,23,25H,1,5,7-8,10,13,20-21H2,2-4H3. The average Bonchev–Trinajstić information content (AvgIpc) is 2.86. The van der Waals surface area contributed by atoms with Crippen LogP contribution < -0.4 is 0 Å². The van der Waals surface area contributed by atoms with E-state index in [-0.39, 0.29) is 0 Å². The van der Waals surface area contributed by atoms with E-state index < -0.39 is 0 Å². The first kappa shape index (κ1) is 24.1. The highest BCUT2D eigenvalue weighted by Crippen LogP contribution is 2.36. The quantitative estimate of drug-likeness (QED) is 0.362. The molecule has 0 fully saturated rings. The Labute approximate surface area is 205 Å². The highest BCUT2D eigenvalue weighted by molar-refractivity contribution is 6.02. The summed E-state index contributed by atoms with van der Waals surface area (Å²) in [6, 6.07) is 4.66. The molecule has 3 aliphatic rings. The van der Waals surface area contributed by atoms with E-state index in [1.807, 2.05) is 12.4 Å². The molecule has 0 saturated carbocycles. The Balaban J connectivity index is 1.69. The topological polar surface area (TPSA) is 37.1 Å². The smallest absolute Gasteiger partial charge is 0.0740 e. The van der Waals surface area contributed by atoms with Crippen LogP contribution in [0.15, 0.2) is 75.7 Å². The molecule has 2 atom stereocenters. The van der Waals surface area contributed by atoms with Crippen LogP contribution >= 0.6 is 0 Å². The van der Waals surface area contributed by atoms with Gasteiger partial charge in [0, 0.05) is 36.7 Å². The highest BCUT2D eigenvalue weighted by atomic mass is 14.8. The number of dihydropyridines is 2. The van der Waals surface area contributed by atoms with Gasteiger partial charge in [-0.2, -0.15) is 0 Å². The molecule has 3 nitrogen and oxygen atoms in total. The Kier molecular flexibility index (Phi) is 8.05. The number of benzene rings is 1. The van der Waals surface area contributed by atoms with E-state index >= 15 is 0 Å². The fourth-order valence-electron chi connectivity index (χ4n) is 4.72. The molecule has 0 bridgehead atoms. The summed E-state index contributed by atoms with van der Waals surface area (Å²) in [5.41, 5.74) is 9.47. The third-order valence-electron chi connectivity index (χ3n) is 6.84. The van der Waals surface area contributed by atoms with E-state index in [2.05, 4.69) is 85.9 Å². The molecule has 3 heteroatoms. The monoisotopic (exact) mass is 451 g/mol. The van der Waals surface area contributed by atoms with Crippen LogP contribution in [0.1, 0.15) is 63.1 Å². The molecule has 34 heavy (non-hydrogen) atoms. The lowest BCUT2D eigenvalue weighted by atomic mass is 9.88. The second kappa shape index (κ2) is 11.4. The zero-order chi connectivity index (χ0) is 23.9. The van der Waals surface area contributed by atoms with E-state index in [1.54, 1.807) is 0 Å². The number of hydrogen-bond donors (Lipinski definition) is 0. The number of hydrogen-bond acceptors (Lipinski definition) is 3.